The van der Waals surface area contributed by atoms with Crippen LogP contribution in [0, 0.1) is 6.92 Å². The van der Waals surface area contributed by atoms with Crippen molar-refractivity contribution < 1.29 is 27.8 Å². The molecule has 0 radical (unpaired) electrons. The highest BCUT2D eigenvalue weighted by molar-refractivity contribution is 6.05. The summed E-state index contributed by atoms with van der Waals surface area (Å²) in [6.07, 6.45) is 3.42. The van der Waals surface area contributed by atoms with Crippen molar-refractivity contribution >= 4 is 29.0 Å². The second-order valence-electron chi connectivity index (χ2n) is 10.6. The maximum absolute atomic E-state index is 13.6. The van der Waals surface area contributed by atoms with Gasteiger partial charge in [0.05, 0.1) is 12.3 Å². The minimum absolute atomic E-state index is 0.111. The summed E-state index contributed by atoms with van der Waals surface area (Å²) in [5, 5.41) is 3.01. The number of para-hydroxylation sites is 1. The summed E-state index contributed by atoms with van der Waals surface area (Å²) < 4.78 is 44.7. The van der Waals surface area contributed by atoms with Crippen molar-refractivity contribution in [2.75, 3.05) is 49.7 Å². The first-order valence-corrected chi connectivity index (χ1v) is 14.0. The second kappa shape index (κ2) is 11.5. The molecule has 7 nitrogen and oxygen atoms in total. The fraction of sp³-hybridized carbons (Fsp3) is 0.344. The number of hydrogen-bond donors (Lipinski definition) is 1. The van der Waals surface area contributed by atoms with Crippen molar-refractivity contribution in [3.05, 3.63) is 83.4 Å². The third-order valence-corrected chi connectivity index (χ3v) is 7.71. The van der Waals surface area contributed by atoms with E-state index in [-0.39, 0.29) is 18.7 Å². The van der Waals surface area contributed by atoms with E-state index in [0.29, 0.717) is 62.2 Å². The molecule has 1 N–H and O–H groups in total. The summed E-state index contributed by atoms with van der Waals surface area (Å²) in [5.41, 5.74) is 5.06. The predicted octanol–water partition coefficient (Wildman–Crippen LogP) is 6.26. The molecule has 0 aromatic heterocycles. The zero-order valence-corrected chi connectivity index (χ0v) is 22.9. The van der Waals surface area contributed by atoms with Crippen LogP contribution < -0.4 is 19.7 Å². The van der Waals surface area contributed by atoms with Gasteiger partial charge in [0, 0.05) is 49.4 Å². The topological polar surface area (TPSA) is 63.3 Å². The highest BCUT2D eigenvalue weighted by Crippen LogP contribution is 2.39. The minimum atomic E-state index is -2.57. The van der Waals surface area contributed by atoms with Gasteiger partial charge in [-0.05, 0) is 60.5 Å². The van der Waals surface area contributed by atoms with Crippen LogP contribution in [0.5, 0.6) is 11.5 Å². The van der Waals surface area contributed by atoms with Crippen LogP contribution in [0.15, 0.2) is 66.7 Å². The quantitative estimate of drug-likeness (QED) is 0.368. The molecule has 0 aliphatic carbocycles. The van der Waals surface area contributed by atoms with Crippen LogP contribution >= 0.6 is 0 Å². The Kier molecular flexibility index (Phi) is 7.64. The zero-order chi connectivity index (χ0) is 28.4. The average Bonchev–Trinajstić information content (AvgIpc) is 2.98. The van der Waals surface area contributed by atoms with Gasteiger partial charge in [-0.2, -0.15) is 0 Å². The molecule has 1 atom stereocenters. The Morgan fingerprint density at radius 2 is 1.78 bits per heavy atom. The number of anilines is 3. The lowest BCUT2D eigenvalue weighted by Crippen LogP contribution is -2.42. The number of amides is 1. The number of nitrogens with zero attached hydrogens (tertiary/aromatic N) is 2. The van der Waals surface area contributed by atoms with Crippen LogP contribution in [0.2, 0.25) is 0 Å². The number of likely N-dealkylation sites (tertiary alicyclic amines) is 1. The van der Waals surface area contributed by atoms with Gasteiger partial charge in [0.25, 0.3) is 11.8 Å². The maximum Gasteiger partial charge on any atom is 0.255 e. The Bertz CT molecular complexity index is 1450. The lowest BCUT2D eigenvalue weighted by Gasteiger charge is -2.37. The van der Waals surface area contributed by atoms with E-state index in [0.717, 1.165) is 22.5 Å². The number of aryl methyl sites for hydroxylation is 1. The number of fused-ring (bicyclic) bond motifs is 2. The standard InChI is InChI=1S/C32H33F2N3O4/c1-22-6-9-25(35-31(38)24-7-10-28-29(20-24)40-19-18-39-28)21-27(22)37-26-5-3-2-4-23(26)8-11-30(37)41-17-16-36-14-12-32(33,34)13-15-36/h2-11,20-21,30H,12-19H2,1H3,(H,35,38). The van der Waals surface area contributed by atoms with E-state index < -0.39 is 12.2 Å². The summed E-state index contributed by atoms with van der Waals surface area (Å²) in [5.74, 6) is -1.63. The van der Waals surface area contributed by atoms with E-state index >= 15 is 0 Å². The number of halogens is 2. The van der Waals surface area contributed by atoms with Gasteiger partial charge < -0.3 is 29.3 Å². The third kappa shape index (κ3) is 6.06. The van der Waals surface area contributed by atoms with Gasteiger partial charge in [0.2, 0.25) is 0 Å². The molecule has 0 spiro atoms. The van der Waals surface area contributed by atoms with E-state index in [2.05, 4.69) is 10.2 Å². The molecular weight excluding hydrogens is 528 g/mol. The summed E-state index contributed by atoms with van der Waals surface area (Å²) in [6, 6.07) is 19.0. The van der Waals surface area contributed by atoms with Crippen molar-refractivity contribution in [1.82, 2.24) is 4.90 Å². The highest BCUT2D eigenvalue weighted by atomic mass is 19.3. The predicted molar refractivity (Wildman–Crippen MR) is 155 cm³/mol. The molecule has 1 amide bonds. The zero-order valence-electron chi connectivity index (χ0n) is 22.9. The number of carbonyl (C=O) groups excluding carboxylic acids is 1. The summed E-state index contributed by atoms with van der Waals surface area (Å²) in [7, 11) is 0. The number of benzene rings is 3. The average molecular weight is 562 g/mol. The number of nitrogens with one attached hydrogen (secondary N) is 1. The van der Waals surface area contributed by atoms with Crippen molar-refractivity contribution in [2.45, 2.75) is 31.9 Å². The number of rotatable bonds is 7. The molecular formula is C32H33F2N3O4. The first-order chi connectivity index (χ1) is 19.9. The second-order valence-corrected chi connectivity index (χ2v) is 10.6. The van der Waals surface area contributed by atoms with Crippen molar-refractivity contribution in [2.24, 2.45) is 0 Å². The fourth-order valence-corrected chi connectivity index (χ4v) is 5.39. The summed E-state index contributed by atoms with van der Waals surface area (Å²) in [4.78, 5) is 17.3. The number of ether oxygens (including phenoxy) is 3. The lowest BCUT2D eigenvalue weighted by molar-refractivity contribution is -0.0598. The van der Waals surface area contributed by atoms with E-state index in [1.807, 2.05) is 66.4 Å². The Morgan fingerprint density at radius 3 is 2.61 bits per heavy atom. The SMILES string of the molecule is Cc1ccc(NC(=O)c2ccc3c(c2)OCCO3)cc1N1c2ccccc2C=CC1OCCN1CCC(F)(F)CC1. The van der Waals surface area contributed by atoms with Crippen LogP contribution in [0.1, 0.15) is 34.3 Å². The van der Waals surface area contributed by atoms with Gasteiger partial charge in [0.15, 0.2) is 17.7 Å². The first kappa shape index (κ1) is 27.2. The molecule has 41 heavy (non-hydrogen) atoms. The molecule has 1 saturated heterocycles. The normalized spacial score (nSPS) is 19.5. The third-order valence-electron chi connectivity index (χ3n) is 7.71. The van der Waals surface area contributed by atoms with Gasteiger partial charge in [-0.3, -0.25) is 4.79 Å². The van der Waals surface area contributed by atoms with Crippen LogP contribution in [0.25, 0.3) is 6.08 Å². The molecule has 214 valence electrons. The van der Waals surface area contributed by atoms with Gasteiger partial charge in [-0.1, -0.05) is 30.3 Å². The van der Waals surface area contributed by atoms with Gasteiger partial charge in [-0.25, -0.2) is 8.78 Å². The van der Waals surface area contributed by atoms with E-state index in [1.54, 1.807) is 18.2 Å². The van der Waals surface area contributed by atoms with Crippen molar-refractivity contribution in [1.29, 1.82) is 0 Å². The van der Waals surface area contributed by atoms with Crippen LogP contribution in [-0.2, 0) is 4.74 Å². The molecule has 3 heterocycles. The monoisotopic (exact) mass is 561 g/mol. The van der Waals surface area contributed by atoms with Crippen LogP contribution in [-0.4, -0.2) is 62.4 Å². The molecule has 3 aliphatic heterocycles. The van der Waals surface area contributed by atoms with Crippen molar-refractivity contribution in [3.8, 4) is 11.5 Å². The number of alkyl halides is 2. The number of piperidine rings is 1. The first-order valence-electron chi connectivity index (χ1n) is 14.0. The maximum atomic E-state index is 13.6. The highest BCUT2D eigenvalue weighted by Gasteiger charge is 2.34. The van der Waals surface area contributed by atoms with Crippen LogP contribution in [0.4, 0.5) is 25.8 Å². The Balaban J connectivity index is 1.21. The van der Waals surface area contributed by atoms with Crippen molar-refractivity contribution in [3.63, 3.8) is 0 Å². The Hall–Kier alpha value is -3.95. The smallest absolute Gasteiger partial charge is 0.255 e. The fourth-order valence-electron chi connectivity index (χ4n) is 5.39. The van der Waals surface area contributed by atoms with E-state index in [4.69, 9.17) is 14.2 Å². The number of hydrogen-bond acceptors (Lipinski definition) is 6. The molecule has 9 heteroatoms. The molecule has 3 aromatic rings. The molecule has 3 aliphatic rings. The largest absolute Gasteiger partial charge is 0.486 e. The molecule has 1 unspecified atom stereocenters. The molecule has 0 saturated carbocycles. The van der Waals surface area contributed by atoms with Gasteiger partial charge >= 0.3 is 0 Å². The molecule has 3 aromatic carbocycles. The molecule has 1 fully saturated rings. The Labute approximate surface area is 238 Å². The van der Waals surface area contributed by atoms with E-state index in [1.165, 1.54) is 0 Å². The van der Waals surface area contributed by atoms with Gasteiger partial charge in [0.1, 0.15) is 13.2 Å². The minimum Gasteiger partial charge on any atom is -0.486 e. The number of carbonyl (C=O) groups is 1. The van der Waals surface area contributed by atoms with E-state index in [9.17, 15) is 13.6 Å². The summed E-state index contributed by atoms with van der Waals surface area (Å²) in [6.45, 7) is 4.68. The molecule has 6 rings (SSSR count). The molecule has 0 bridgehead atoms. The lowest BCUT2D eigenvalue weighted by atomic mass is 10.0. The van der Waals surface area contributed by atoms with Crippen LogP contribution in [0.3, 0.4) is 0 Å². The van der Waals surface area contributed by atoms with Gasteiger partial charge in [-0.15, -0.1) is 0 Å². The Morgan fingerprint density at radius 1 is 1.00 bits per heavy atom. The summed E-state index contributed by atoms with van der Waals surface area (Å²) >= 11 is 0.